The zero-order valence-corrected chi connectivity index (χ0v) is 10.2. The number of aryl methyl sites for hydroxylation is 1. The molecule has 0 spiro atoms. The van der Waals surface area contributed by atoms with E-state index in [4.69, 9.17) is 0 Å². The molecule has 2 aromatic heterocycles. The lowest BCUT2D eigenvalue weighted by Crippen LogP contribution is -2.02. The Morgan fingerprint density at radius 2 is 2.27 bits per heavy atom. The van der Waals surface area contributed by atoms with Crippen molar-refractivity contribution >= 4 is 28.7 Å². The van der Waals surface area contributed by atoms with Gasteiger partial charge in [0.25, 0.3) is 0 Å². The van der Waals surface area contributed by atoms with Gasteiger partial charge in [-0.1, -0.05) is 0 Å². The highest BCUT2D eigenvalue weighted by Gasteiger charge is 2.13. The summed E-state index contributed by atoms with van der Waals surface area (Å²) in [6, 6.07) is 1.90. The van der Waals surface area contributed by atoms with Crippen LogP contribution in [0.15, 0.2) is 17.6 Å². The molecule has 0 aliphatic carbocycles. The van der Waals surface area contributed by atoms with E-state index in [1.54, 1.807) is 17.5 Å². The molecule has 0 fully saturated rings. The van der Waals surface area contributed by atoms with Gasteiger partial charge < -0.3 is 0 Å². The molecule has 0 saturated heterocycles. The van der Waals surface area contributed by atoms with Gasteiger partial charge in [-0.3, -0.25) is 4.79 Å². The van der Waals surface area contributed by atoms with Crippen LogP contribution in [0.1, 0.15) is 25.7 Å². The molecule has 2 rings (SSSR count). The maximum Gasteiger partial charge on any atom is 0.169 e. The van der Waals surface area contributed by atoms with E-state index in [1.165, 1.54) is 16.4 Å². The lowest BCUT2D eigenvalue weighted by atomic mass is 10.1. The molecular weight excluding hydrogens is 226 g/mol. The number of nitrogens with zero attached hydrogens (tertiary/aromatic N) is 1. The fourth-order valence-corrected chi connectivity index (χ4v) is 2.84. The molecule has 0 radical (unpaired) electrons. The number of ketones is 1. The molecule has 2 aromatic rings. The largest absolute Gasteiger partial charge is 0.294 e. The molecule has 78 valence electrons. The Hall–Kier alpha value is -1.00. The Balaban J connectivity index is 2.19. The van der Waals surface area contributed by atoms with Crippen molar-refractivity contribution in [1.29, 1.82) is 0 Å². The van der Waals surface area contributed by atoms with Gasteiger partial charge in [0.05, 0.1) is 0 Å². The van der Waals surface area contributed by atoms with Gasteiger partial charge in [-0.15, -0.1) is 11.3 Å². The first-order chi connectivity index (χ1) is 7.18. The minimum Gasteiger partial charge on any atom is -0.294 e. The highest BCUT2D eigenvalue weighted by Crippen LogP contribution is 2.22. The summed E-state index contributed by atoms with van der Waals surface area (Å²) in [7, 11) is 0. The topological polar surface area (TPSA) is 30.0 Å². The van der Waals surface area contributed by atoms with Gasteiger partial charge in [-0.2, -0.15) is 0 Å². The predicted octanol–water partition coefficient (Wildman–Crippen LogP) is 3.25. The Morgan fingerprint density at radius 3 is 2.80 bits per heavy atom. The van der Waals surface area contributed by atoms with Crippen molar-refractivity contribution in [3.05, 3.63) is 38.5 Å². The fourth-order valence-electron chi connectivity index (χ4n) is 1.38. The van der Waals surface area contributed by atoms with E-state index in [0.717, 1.165) is 16.0 Å². The summed E-state index contributed by atoms with van der Waals surface area (Å²) in [5.41, 5.74) is 1.99. The van der Waals surface area contributed by atoms with Crippen LogP contribution in [-0.2, 0) is 6.42 Å². The lowest BCUT2D eigenvalue weighted by molar-refractivity contribution is 0.0993. The van der Waals surface area contributed by atoms with E-state index in [2.05, 4.69) is 4.37 Å². The second-order valence-electron chi connectivity index (χ2n) is 3.41. The lowest BCUT2D eigenvalue weighted by Gasteiger charge is -1.97. The van der Waals surface area contributed by atoms with Crippen LogP contribution in [0.4, 0.5) is 0 Å². The van der Waals surface area contributed by atoms with Gasteiger partial charge >= 0.3 is 0 Å². The zero-order valence-electron chi connectivity index (χ0n) is 8.61. The van der Waals surface area contributed by atoms with Crippen molar-refractivity contribution in [3.63, 3.8) is 0 Å². The Morgan fingerprint density at radius 1 is 1.47 bits per heavy atom. The molecule has 0 atom stereocenters. The van der Waals surface area contributed by atoms with E-state index in [9.17, 15) is 4.79 Å². The van der Waals surface area contributed by atoms with Gasteiger partial charge in [0.1, 0.15) is 0 Å². The first-order valence-electron chi connectivity index (χ1n) is 4.66. The van der Waals surface area contributed by atoms with Crippen LogP contribution in [0.5, 0.6) is 0 Å². The molecular formula is C11H11NOS2. The number of rotatable bonds is 3. The number of hydrogen-bond acceptors (Lipinski definition) is 4. The third kappa shape index (κ3) is 2.16. The summed E-state index contributed by atoms with van der Waals surface area (Å²) in [5.74, 6) is 0.195. The van der Waals surface area contributed by atoms with Gasteiger partial charge in [0, 0.05) is 33.3 Å². The summed E-state index contributed by atoms with van der Waals surface area (Å²) in [4.78, 5) is 14.2. The van der Waals surface area contributed by atoms with Crippen molar-refractivity contribution in [2.45, 2.75) is 20.3 Å². The molecule has 15 heavy (non-hydrogen) atoms. The molecule has 0 aliphatic heterocycles. The molecule has 0 aliphatic rings. The van der Waals surface area contributed by atoms with E-state index in [1.807, 2.05) is 25.3 Å². The standard InChI is InChI=1S/C11H11NOS2/c1-7-8(2)14-6-10(7)11(13)5-9-3-4-12-15-9/h3-4,6H,5H2,1-2H3. The molecule has 2 heterocycles. The second-order valence-corrected chi connectivity index (χ2v) is 5.41. The van der Waals surface area contributed by atoms with Crippen LogP contribution in [0.25, 0.3) is 0 Å². The summed E-state index contributed by atoms with van der Waals surface area (Å²) in [5, 5.41) is 1.95. The molecule has 0 unspecified atom stereocenters. The molecule has 0 aromatic carbocycles. The number of Topliss-reactive ketones (excluding diaryl/α,β-unsaturated/α-hetero) is 1. The summed E-state index contributed by atoms with van der Waals surface area (Å²) in [6.45, 7) is 4.05. The molecule has 0 bridgehead atoms. The van der Waals surface area contributed by atoms with Crippen LogP contribution in [0.2, 0.25) is 0 Å². The Bertz CT molecular complexity index is 471. The molecule has 2 nitrogen and oxygen atoms in total. The van der Waals surface area contributed by atoms with Crippen LogP contribution < -0.4 is 0 Å². The average molecular weight is 237 g/mol. The van der Waals surface area contributed by atoms with Crippen molar-refractivity contribution in [3.8, 4) is 0 Å². The SMILES string of the molecule is Cc1scc(C(=O)Cc2ccns2)c1C. The third-order valence-corrected chi connectivity index (χ3v) is 4.17. The van der Waals surface area contributed by atoms with Crippen LogP contribution >= 0.6 is 22.9 Å². The van der Waals surface area contributed by atoms with Crippen LogP contribution in [0, 0.1) is 13.8 Å². The van der Waals surface area contributed by atoms with Crippen molar-refractivity contribution in [2.24, 2.45) is 0 Å². The maximum atomic E-state index is 11.9. The number of hydrogen-bond donors (Lipinski definition) is 0. The zero-order chi connectivity index (χ0) is 10.8. The first-order valence-corrected chi connectivity index (χ1v) is 6.31. The average Bonchev–Trinajstić information content (AvgIpc) is 2.79. The molecule has 0 saturated carbocycles. The van der Waals surface area contributed by atoms with E-state index < -0.39 is 0 Å². The van der Waals surface area contributed by atoms with Crippen LogP contribution in [0.3, 0.4) is 0 Å². The smallest absolute Gasteiger partial charge is 0.169 e. The third-order valence-electron chi connectivity index (χ3n) is 2.41. The quantitative estimate of drug-likeness (QED) is 0.767. The van der Waals surface area contributed by atoms with Gasteiger partial charge in [-0.25, -0.2) is 4.37 Å². The van der Waals surface area contributed by atoms with E-state index in [-0.39, 0.29) is 5.78 Å². The van der Waals surface area contributed by atoms with Crippen molar-refractivity contribution in [2.75, 3.05) is 0 Å². The van der Waals surface area contributed by atoms with Gasteiger partial charge in [0.15, 0.2) is 5.78 Å². The molecule has 4 heteroatoms. The summed E-state index contributed by atoms with van der Waals surface area (Å²) >= 11 is 3.03. The van der Waals surface area contributed by atoms with Crippen LogP contribution in [-0.4, -0.2) is 10.2 Å². The van der Waals surface area contributed by atoms with E-state index in [0.29, 0.717) is 6.42 Å². The van der Waals surface area contributed by atoms with Gasteiger partial charge in [-0.05, 0) is 37.0 Å². The second kappa shape index (κ2) is 4.24. The minimum atomic E-state index is 0.195. The number of thiophene rings is 1. The number of aromatic nitrogens is 1. The summed E-state index contributed by atoms with van der Waals surface area (Å²) in [6.07, 6.45) is 2.21. The normalized spacial score (nSPS) is 10.5. The monoisotopic (exact) mass is 237 g/mol. The highest BCUT2D eigenvalue weighted by molar-refractivity contribution is 7.10. The number of carbonyl (C=O) groups excluding carboxylic acids is 1. The first kappa shape index (κ1) is 10.5. The van der Waals surface area contributed by atoms with Crippen molar-refractivity contribution in [1.82, 2.24) is 4.37 Å². The van der Waals surface area contributed by atoms with E-state index >= 15 is 0 Å². The Labute approximate surface area is 96.8 Å². The minimum absolute atomic E-state index is 0.195. The Kier molecular flexibility index (Phi) is 2.98. The molecule has 0 N–H and O–H groups in total. The van der Waals surface area contributed by atoms with Gasteiger partial charge in [0.2, 0.25) is 0 Å². The fraction of sp³-hybridized carbons (Fsp3) is 0.273. The summed E-state index contributed by atoms with van der Waals surface area (Å²) < 4.78 is 3.99. The molecule has 0 amide bonds. The predicted molar refractivity (Wildman–Crippen MR) is 63.9 cm³/mol. The number of carbonyl (C=O) groups is 1. The highest BCUT2D eigenvalue weighted by atomic mass is 32.1. The maximum absolute atomic E-state index is 11.9. The van der Waals surface area contributed by atoms with Crippen molar-refractivity contribution < 1.29 is 4.79 Å².